The van der Waals surface area contributed by atoms with Crippen molar-refractivity contribution in [3.05, 3.63) is 29.8 Å². The molecule has 2 fully saturated rings. The number of hydrogen-bond acceptors (Lipinski definition) is 3. The normalized spacial score (nSPS) is 24.7. The van der Waals surface area contributed by atoms with Gasteiger partial charge in [-0.2, -0.15) is 0 Å². The molecule has 3 rings (SSSR count). The number of urea groups is 1. The van der Waals surface area contributed by atoms with Crippen LogP contribution in [0.25, 0.3) is 0 Å². The lowest BCUT2D eigenvalue weighted by Crippen LogP contribution is -2.50. The smallest absolute Gasteiger partial charge is 0.318 e. The number of hydrogen-bond donors (Lipinski definition) is 3. The summed E-state index contributed by atoms with van der Waals surface area (Å²) >= 11 is 0. The number of nitrogens with zero attached hydrogens (tertiary/aromatic N) is 1. The van der Waals surface area contributed by atoms with Gasteiger partial charge < -0.3 is 20.4 Å². The van der Waals surface area contributed by atoms with Gasteiger partial charge in [-0.15, -0.1) is 0 Å². The monoisotopic (exact) mass is 346 g/mol. The fourth-order valence-corrected chi connectivity index (χ4v) is 4.09. The van der Waals surface area contributed by atoms with Gasteiger partial charge in [0, 0.05) is 18.6 Å². The predicted octanol–water partition coefficient (Wildman–Crippen LogP) is 3.54. The first-order valence-electron chi connectivity index (χ1n) is 9.65. The quantitative estimate of drug-likeness (QED) is 0.781. The van der Waals surface area contributed by atoms with Crippen molar-refractivity contribution in [1.82, 2.24) is 10.2 Å². The second-order valence-corrected chi connectivity index (χ2v) is 7.54. The first-order chi connectivity index (χ1) is 12.1. The Labute approximate surface area is 150 Å². The lowest BCUT2D eigenvalue weighted by molar-refractivity contribution is 0.0806. The van der Waals surface area contributed by atoms with Crippen LogP contribution in [0.2, 0.25) is 0 Å². The molecule has 2 aliphatic rings. The Kier molecular flexibility index (Phi) is 6.19. The summed E-state index contributed by atoms with van der Waals surface area (Å²) in [6, 6.07) is 7.55. The van der Waals surface area contributed by atoms with E-state index in [0.717, 1.165) is 44.1 Å². The van der Waals surface area contributed by atoms with Crippen molar-refractivity contribution in [1.29, 1.82) is 0 Å². The van der Waals surface area contributed by atoms with Crippen molar-refractivity contribution >= 4 is 6.03 Å². The molecule has 0 saturated heterocycles. The molecule has 1 aromatic rings. The van der Waals surface area contributed by atoms with E-state index in [-0.39, 0.29) is 30.0 Å². The molecule has 25 heavy (non-hydrogen) atoms. The molecule has 0 unspecified atom stereocenters. The maximum atomic E-state index is 13.0. The summed E-state index contributed by atoms with van der Waals surface area (Å²) in [7, 11) is 0. The predicted molar refractivity (Wildman–Crippen MR) is 97.3 cm³/mol. The lowest BCUT2D eigenvalue weighted by atomic mass is 9.91. The first kappa shape index (κ1) is 18.1. The van der Waals surface area contributed by atoms with Crippen LogP contribution in [0.5, 0.6) is 5.75 Å². The fourth-order valence-electron chi connectivity index (χ4n) is 4.09. The standard InChI is InChI=1S/C20H30N2O3/c23-18-11-9-17(10-12-18)22(14-15-5-4-8-19(24)13-15)20(25)21-16-6-2-1-3-7-16/h4-5,8,13,16-18,23-24H,1-3,6-7,9-12,14H2,(H,21,25). The summed E-state index contributed by atoms with van der Waals surface area (Å²) in [4.78, 5) is 14.9. The second kappa shape index (κ2) is 8.56. The van der Waals surface area contributed by atoms with Gasteiger partial charge in [0.15, 0.2) is 0 Å². The summed E-state index contributed by atoms with van der Waals surface area (Å²) < 4.78 is 0. The molecule has 0 bridgehead atoms. The highest BCUT2D eigenvalue weighted by Gasteiger charge is 2.29. The molecule has 138 valence electrons. The number of phenols is 1. The van der Waals surface area contributed by atoms with Crippen LogP contribution in [0.3, 0.4) is 0 Å². The van der Waals surface area contributed by atoms with E-state index in [1.165, 1.54) is 19.3 Å². The Hall–Kier alpha value is -1.75. The summed E-state index contributed by atoms with van der Waals surface area (Å²) in [6.45, 7) is 0.494. The fraction of sp³-hybridized carbons (Fsp3) is 0.650. The lowest BCUT2D eigenvalue weighted by Gasteiger charge is -2.37. The molecular formula is C20H30N2O3. The Morgan fingerprint density at radius 1 is 1.08 bits per heavy atom. The molecule has 2 amide bonds. The van der Waals surface area contributed by atoms with Gasteiger partial charge in [0.05, 0.1) is 6.10 Å². The highest BCUT2D eigenvalue weighted by molar-refractivity contribution is 5.75. The van der Waals surface area contributed by atoms with Gasteiger partial charge in [0.2, 0.25) is 0 Å². The van der Waals surface area contributed by atoms with Crippen LogP contribution >= 0.6 is 0 Å². The molecule has 1 aromatic carbocycles. The zero-order valence-electron chi connectivity index (χ0n) is 14.9. The van der Waals surface area contributed by atoms with E-state index in [4.69, 9.17) is 0 Å². The van der Waals surface area contributed by atoms with E-state index < -0.39 is 0 Å². The molecule has 2 saturated carbocycles. The number of benzene rings is 1. The van der Waals surface area contributed by atoms with Gasteiger partial charge in [-0.05, 0) is 56.2 Å². The Balaban J connectivity index is 1.69. The third kappa shape index (κ3) is 5.11. The minimum Gasteiger partial charge on any atom is -0.508 e. The molecule has 0 aromatic heterocycles. The van der Waals surface area contributed by atoms with Crippen LogP contribution in [-0.2, 0) is 6.54 Å². The van der Waals surface area contributed by atoms with Crippen LogP contribution in [0.4, 0.5) is 4.79 Å². The Morgan fingerprint density at radius 2 is 1.80 bits per heavy atom. The molecular weight excluding hydrogens is 316 g/mol. The second-order valence-electron chi connectivity index (χ2n) is 7.54. The van der Waals surface area contributed by atoms with E-state index in [1.54, 1.807) is 12.1 Å². The molecule has 0 heterocycles. The van der Waals surface area contributed by atoms with Crippen molar-refractivity contribution < 1.29 is 15.0 Å². The van der Waals surface area contributed by atoms with E-state index in [9.17, 15) is 15.0 Å². The molecule has 0 atom stereocenters. The molecule has 3 N–H and O–H groups in total. The Morgan fingerprint density at radius 3 is 2.48 bits per heavy atom. The number of rotatable bonds is 4. The number of aromatic hydroxyl groups is 1. The minimum absolute atomic E-state index is 0.00312. The van der Waals surface area contributed by atoms with Crippen molar-refractivity contribution in [3.8, 4) is 5.75 Å². The number of aliphatic hydroxyl groups is 1. The summed E-state index contributed by atoms with van der Waals surface area (Å²) in [5.41, 5.74) is 0.935. The van der Waals surface area contributed by atoms with Crippen LogP contribution in [0.15, 0.2) is 24.3 Å². The number of carbonyl (C=O) groups is 1. The molecule has 5 nitrogen and oxygen atoms in total. The van der Waals surface area contributed by atoms with Crippen molar-refractivity contribution in [3.63, 3.8) is 0 Å². The molecule has 5 heteroatoms. The highest BCUT2D eigenvalue weighted by atomic mass is 16.3. The van der Waals surface area contributed by atoms with Gasteiger partial charge in [-0.3, -0.25) is 0 Å². The van der Waals surface area contributed by atoms with Crippen LogP contribution in [-0.4, -0.2) is 39.3 Å². The zero-order chi connectivity index (χ0) is 17.6. The maximum absolute atomic E-state index is 13.0. The number of amides is 2. The van der Waals surface area contributed by atoms with Gasteiger partial charge in [0.25, 0.3) is 0 Å². The molecule has 2 aliphatic carbocycles. The largest absolute Gasteiger partial charge is 0.508 e. The van der Waals surface area contributed by atoms with Crippen molar-refractivity contribution in [2.75, 3.05) is 0 Å². The number of phenolic OH excluding ortho intramolecular Hbond substituents is 1. The van der Waals surface area contributed by atoms with Crippen molar-refractivity contribution in [2.24, 2.45) is 0 Å². The molecule has 0 aliphatic heterocycles. The third-order valence-electron chi connectivity index (χ3n) is 5.56. The average Bonchev–Trinajstić information content (AvgIpc) is 2.61. The summed E-state index contributed by atoms with van der Waals surface area (Å²) in [5, 5.41) is 22.7. The Bertz CT molecular complexity index is 564. The van der Waals surface area contributed by atoms with Crippen LogP contribution < -0.4 is 5.32 Å². The third-order valence-corrected chi connectivity index (χ3v) is 5.56. The maximum Gasteiger partial charge on any atom is 0.318 e. The summed E-state index contributed by atoms with van der Waals surface area (Å²) in [5.74, 6) is 0.226. The van der Waals surface area contributed by atoms with E-state index in [0.29, 0.717) is 6.54 Å². The van der Waals surface area contributed by atoms with Crippen molar-refractivity contribution in [2.45, 2.75) is 82.5 Å². The molecule has 0 radical (unpaired) electrons. The van der Waals surface area contributed by atoms with E-state index in [1.807, 2.05) is 17.0 Å². The van der Waals surface area contributed by atoms with Gasteiger partial charge >= 0.3 is 6.03 Å². The van der Waals surface area contributed by atoms with Crippen LogP contribution in [0, 0.1) is 0 Å². The number of aliphatic hydroxyl groups excluding tert-OH is 1. The minimum atomic E-state index is -0.236. The first-order valence-corrected chi connectivity index (χ1v) is 9.65. The van der Waals surface area contributed by atoms with Gasteiger partial charge in [0.1, 0.15) is 5.75 Å². The molecule has 0 spiro atoms. The van der Waals surface area contributed by atoms with E-state index in [2.05, 4.69) is 5.32 Å². The van der Waals surface area contributed by atoms with Crippen LogP contribution in [0.1, 0.15) is 63.4 Å². The topological polar surface area (TPSA) is 72.8 Å². The van der Waals surface area contributed by atoms with Gasteiger partial charge in [-0.25, -0.2) is 4.79 Å². The zero-order valence-corrected chi connectivity index (χ0v) is 14.9. The SMILES string of the molecule is O=C(NC1CCCCC1)N(Cc1cccc(O)c1)C1CCC(O)CC1. The highest BCUT2D eigenvalue weighted by Crippen LogP contribution is 2.26. The van der Waals surface area contributed by atoms with E-state index >= 15 is 0 Å². The number of nitrogens with one attached hydrogen (secondary N) is 1. The van der Waals surface area contributed by atoms with Gasteiger partial charge in [-0.1, -0.05) is 31.4 Å². The summed E-state index contributed by atoms with van der Waals surface area (Å²) in [6.07, 6.45) is 8.69. The number of carbonyl (C=O) groups excluding carboxylic acids is 1. The average molecular weight is 346 g/mol.